The van der Waals surface area contributed by atoms with Crippen molar-refractivity contribution >= 4 is 16.5 Å². The van der Waals surface area contributed by atoms with E-state index in [4.69, 9.17) is 4.74 Å². The van der Waals surface area contributed by atoms with Gasteiger partial charge in [-0.15, -0.1) is 0 Å². The van der Waals surface area contributed by atoms with Crippen LogP contribution in [0.25, 0.3) is 10.8 Å². The number of hydrazine groups is 1. The molecule has 2 saturated carbocycles. The Morgan fingerprint density at radius 1 is 0.944 bits per heavy atom. The van der Waals surface area contributed by atoms with E-state index in [0.29, 0.717) is 6.04 Å². The lowest BCUT2D eigenvalue weighted by Crippen LogP contribution is -2.32. The number of fused-ring (bicyclic) bond motifs is 1. The first kappa shape index (κ1) is 23.7. The smallest absolute Gasteiger partial charge is 0.135 e. The van der Waals surface area contributed by atoms with Gasteiger partial charge < -0.3 is 10.2 Å². The van der Waals surface area contributed by atoms with E-state index < -0.39 is 0 Å². The maximum Gasteiger partial charge on any atom is 0.135 e. The van der Waals surface area contributed by atoms with Gasteiger partial charge in [0.2, 0.25) is 0 Å². The Balaban J connectivity index is 1.12. The van der Waals surface area contributed by atoms with E-state index in [0.717, 1.165) is 65.7 Å². The zero-order chi connectivity index (χ0) is 24.3. The minimum absolute atomic E-state index is 0.598. The standard InChI is InChI=1S/C31H40N4O/c1-22-14-17-35(18-15-22)21-24-19-25(13-16-32-24)36-31-12-11-29(26-9-5-6-10-27(26)31)33-34-30-20-28(30)23-7-3-2-4-8-23/h5-6,9-13,16,19,22-23,28,30,33-34H,2-4,7-8,14-15,17-18,20-21H2,1H3. The van der Waals surface area contributed by atoms with Crippen LogP contribution >= 0.6 is 0 Å². The topological polar surface area (TPSA) is 49.4 Å². The first-order valence-corrected chi connectivity index (χ1v) is 14.1. The predicted octanol–water partition coefficient (Wildman–Crippen LogP) is 7.14. The highest BCUT2D eigenvalue weighted by Gasteiger charge is 2.42. The first-order chi connectivity index (χ1) is 17.7. The summed E-state index contributed by atoms with van der Waals surface area (Å²) in [5, 5.41) is 2.29. The number of anilines is 1. The molecule has 1 saturated heterocycles. The number of hydrogen-bond acceptors (Lipinski definition) is 5. The zero-order valence-corrected chi connectivity index (χ0v) is 21.6. The van der Waals surface area contributed by atoms with Crippen molar-refractivity contribution in [2.75, 3.05) is 18.5 Å². The number of pyridine rings is 1. The summed E-state index contributed by atoms with van der Waals surface area (Å²) in [6.07, 6.45) is 12.8. The van der Waals surface area contributed by atoms with Crippen molar-refractivity contribution < 1.29 is 4.74 Å². The van der Waals surface area contributed by atoms with Crippen molar-refractivity contribution in [2.24, 2.45) is 17.8 Å². The van der Waals surface area contributed by atoms with Crippen LogP contribution in [0.1, 0.15) is 64.0 Å². The Morgan fingerprint density at radius 3 is 2.58 bits per heavy atom. The van der Waals surface area contributed by atoms with Gasteiger partial charge >= 0.3 is 0 Å². The molecular weight excluding hydrogens is 444 g/mol. The number of rotatable bonds is 8. The van der Waals surface area contributed by atoms with E-state index in [-0.39, 0.29) is 0 Å². The van der Waals surface area contributed by atoms with Gasteiger partial charge in [-0.2, -0.15) is 0 Å². The summed E-state index contributed by atoms with van der Waals surface area (Å²) in [5.74, 6) is 4.34. The molecule has 2 N–H and O–H groups in total. The molecule has 2 aliphatic carbocycles. The molecule has 6 rings (SSSR count). The van der Waals surface area contributed by atoms with E-state index in [1.165, 1.54) is 56.8 Å². The van der Waals surface area contributed by atoms with Crippen LogP contribution in [-0.2, 0) is 6.54 Å². The number of benzene rings is 2. The van der Waals surface area contributed by atoms with Crippen molar-refractivity contribution in [3.05, 3.63) is 60.4 Å². The van der Waals surface area contributed by atoms with Crippen molar-refractivity contribution in [3.63, 3.8) is 0 Å². The van der Waals surface area contributed by atoms with Gasteiger partial charge in [0.1, 0.15) is 11.5 Å². The largest absolute Gasteiger partial charge is 0.457 e. The summed E-state index contributed by atoms with van der Waals surface area (Å²) in [6.45, 7) is 5.56. The molecule has 190 valence electrons. The Morgan fingerprint density at radius 2 is 1.75 bits per heavy atom. The second-order valence-electron chi connectivity index (χ2n) is 11.4. The van der Waals surface area contributed by atoms with Crippen LogP contribution in [0.15, 0.2) is 54.7 Å². The van der Waals surface area contributed by atoms with Crippen LogP contribution in [0.5, 0.6) is 11.5 Å². The number of nitrogens with zero attached hydrogens (tertiary/aromatic N) is 2. The van der Waals surface area contributed by atoms with Gasteiger partial charge in [0.25, 0.3) is 0 Å². The third-order valence-corrected chi connectivity index (χ3v) is 8.65. The molecule has 5 nitrogen and oxygen atoms in total. The highest BCUT2D eigenvalue weighted by atomic mass is 16.5. The van der Waals surface area contributed by atoms with Gasteiger partial charge in [0, 0.05) is 35.6 Å². The molecule has 0 amide bonds. The van der Waals surface area contributed by atoms with Crippen LogP contribution in [0.2, 0.25) is 0 Å². The molecule has 36 heavy (non-hydrogen) atoms. The molecule has 2 atom stereocenters. The Kier molecular flexibility index (Phi) is 7.11. The fourth-order valence-electron chi connectivity index (χ4n) is 6.29. The molecule has 2 aromatic carbocycles. The SMILES string of the molecule is CC1CCN(Cc2cc(Oc3ccc(NNC4CC4C4CCCCC4)c4ccccc34)ccn2)CC1. The fraction of sp³-hybridized carbons (Fsp3) is 0.516. The number of ether oxygens (including phenoxy) is 1. The third kappa shape index (κ3) is 5.52. The van der Waals surface area contributed by atoms with Crippen LogP contribution in [0.4, 0.5) is 5.69 Å². The quantitative estimate of drug-likeness (QED) is 0.333. The first-order valence-electron chi connectivity index (χ1n) is 14.1. The average Bonchev–Trinajstić information content (AvgIpc) is 3.70. The van der Waals surface area contributed by atoms with Crippen LogP contribution in [-0.4, -0.2) is 29.0 Å². The maximum atomic E-state index is 6.42. The summed E-state index contributed by atoms with van der Waals surface area (Å²) < 4.78 is 6.42. The molecule has 5 heteroatoms. The normalized spacial score (nSPS) is 23.6. The number of hydrogen-bond donors (Lipinski definition) is 2. The summed E-state index contributed by atoms with van der Waals surface area (Å²) in [4.78, 5) is 7.12. The van der Waals surface area contributed by atoms with E-state index in [1.54, 1.807) is 0 Å². The van der Waals surface area contributed by atoms with Gasteiger partial charge in [-0.25, -0.2) is 5.43 Å². The summed E-state index contributed by atoms with van der Waals surface area (Å²) in [5.41, 5.74) is 9.36. The molecule has 2 heterocycles. The molecule has 0 bridgehead atoms. The van der Waals surface area contributed by atoms with Gasteiger partial charge in [-0.3, -0.25) is 9.88 Å². The molecule has 0 spiro atoms. The van der Waals surface area contributed by atoms with E-state index in [2.05, 4.69) is 70.1 Å². The molecule has 3 aliphatic rings. The lowest BCUT2D eigenvalue weighted by Gasteiger charge is -2.29. The average molecular weight is 485 g/mol. The van der Waals surface area contributed by atoms with E-state index in [9.17, 15) is 0 Å². The van der Waals surface area contributed by atoms with Crippen molar-refractivity contribution in [1.29, 1.82) is 0 Å². The van der Waals surface area contributed by atoms with Crippen LogP contribution in [0.3, 0.4) is 0 Å². The van der Waals surface area contributed by atoms with Gasteiger partial charge in [-0.1, -0.05) is 63.3 Å². The lowest BCUT2D eigenvalue weighted by molar-refractivity contribution is 0.183. The van der Waals surface area contributed by atoms with Gasteiger partial charge in [0.05, 0.1) is 11.4 Å². The lowest BCUT2D eigenvalue weighted by atomic mass is 9.85. The number of likely N-dealkylation sites (tertiary alicyclic amines) is 1. The number of piperidine rings is 1. The number of nitrogens with one attached hydrogen (secondary N) is 2. The van der Waals surface area contributed by atoms with Crippen LogP contribution < -0.4 is 15.6 Å². The van der Waals surface area contributed by atoms with E-state index in [1.807, 2.05) is 12.3 Å². The fourth-order valence-corrected chi connectivity index (χ4v) is 6.29. The van der Waals surface area contributed by atoms with Crippen molar-refractivity contribution in [1.82, 2.24) is 15.3 Å². The molecule has 3 fully saturated rings. The summed E-state index contributed by atoms with van der Waals surface area (Å²) in [7, 11) is 0. The third-order valence-electron chi connectivity index (χ3n) is 8.65. The molecule has 1 aliphatic heterocycles. The predicted molar refractivity (Wildman–Crippen MR) is 147 cm³/mol. The van der Waals surface area contributed by atoms with Crippen molar-refractivity contribution in [3.8, 4) is 11.5 Å². The highest BCUT2D eigenvalue weighted by molar-refractivity contribution is 5.98. The second-order valence-corrected chi connectivity index (χ2v) is 11.4. The van der Waals surface area contributed by atoms with Gasteiger partial charge in [0.15, 0.2) is 0 Å². The van der Waals surface area contributed by atoms with Gasteiger partial charge in [-0.05, 0) is 68.3 Å². The minimum atomic E-state index is 0.598. The Hall–Kier alpha value is -2.63. The monoisotopic (exact) mass is 484 g/mol. The number of aromatic nitrogens is 1. The highest BCUT2D eigenvalue weighted by Crippen LogP contribution is 2.44. The Bertz CT molecular complexity index is 1170. The molecular formula is C31H40N4O. The second kappa shape index (κ2) is 10.8. The van der Waals surface area contributed by atoms with Crippen LogP contribution in [0, 0.1) is 17.8 Å². The maximum absolute atomic E-state index is 6.42. The molecule has 2 unspecified atom stereocenters. The zero-order valence-electron chi connectivity index (χ0n) is 21.6. The minimum Gasteiger partial charge on any atom is -0.457 e. The molecule has 0 radical (unpaired) electrons. The summed E-state index contributed by atoms with van der Waals surface area (Å²) in [6, 6.07) is 17.4. The molecule has 3 aromatic rings. The van der Waals surface area contributed by atoms with Crippen molar-refractivity contribution in [2.45, 2.75) is 70.9 Å². The Labute approximate surface area is 215 Å². The summed E-state index contributed by atoms with van der Waals surface area (Å²) >= 11 is 0. The van der Waals surface area contributed by atoms with E-state index >= 15 is 0 Å². The molecule has 1 aromatic heterocycles.